The Bertz CT molecular complexity index is 1010. The minimum absolute atomic E-state index is 0.0304. The van der Waals surface area contributed by atoms with Gasteiger partial charge < -0.3 is 51.3 Å². The van der Waals surface area contributed by atoms with Crippen LogP contribution in [-0.4, -0.2) is 108 Å². The maximum absolute atomic E-state index is 12.3. The van der Waals surface area contributed by atoms with Crippen LogP contribution in [-0.2, 0) is 42.9 Å². The molecular formula is C38H72N6O9. The molecule has 0 saturated heterocycles. The van der Waals surface area contributed by atoms with Crippen LogP contribution in [0.3, 0.4) is 0 Å². The van der Waals surface area contributed by atoms with Crippen molar-refractivity contribution in [3.8, 4) is 0 Å². The van der Waals surface area contributed by atoms with Crippen LogP contribution < -0.4 is 27.5 Å². The summed E-state index contributed by atoms with van der Waals surface area (Å²) in [6, 6.07) is -0.688. The van der Waals surface area contributed by atoms with Crippen LogP contribution in [0.25, 0.3) is 0 Å². The minimum atomic E-state index is -0.688. The summed E-state index contributed by atoms with van der Waals surface area (Å²) in [5.74, 6) is 5.03. The Kier molecular flexibility index (Phi) is 32.6. The fourth-order valence-electron chi connectivity index (χ4n) is 4.99. The number of hydrazone groups is 1. The first kappa shape index (κ1) is 49.9. The molecule has 0 aliphatic carbocycles. The van der Waals surface area contributed by atoms with E-state index >= 15 is 0 Å². The lowest BCUT2D eigenvalue weighted by Crippen LogP contribution is -2.37. The van der Waals surface area contributed by atoms with E-state index in [1.165, 1.54) is 57.8 Å². The number of carbonyl (C=O) groups excluding carboxylic acids is 5. The van der Waals surface area contributed by atoms with Crippen molar-refractivity contribution in [1.82, 2.24) is 16.0 Å². The Morgan fingerprint density at radius 2 is 1.06 bits per heavy atom. The lowest BCUT2D eigenvalue weighted by atomic mass is 9.91. The van der Waals surface area contributed by atoms with Crippen LogP contribution >= 0.6 is 0 Å². The summed E-state index contributed by atoms with van der Waals surface area (Å²) >= 11 is 0. The number of nitrogens with zero attached hydrogens (tertiary/aromatic N) is 1. The molecule has 0 aliphatic rings. The number of amidine groups is 1. The van der Waals surface area contributed by atoms with Crippen molar-refractivity contribution in [2.45, 2.75) is 136 Å². The molecule has 3 amide bonds. The van der Waals surface area contributed by atoms with Crippen molar-refractivity contribution in [3.05, 3.63) is 0 Å². The van der Waals surface area contributed by atoms with Crippen LogP contribution in [0.5, 0.6) is 0 Å². The monoisotopic (exact) mass is 757 g/mol. The molecule has 0 radical (unpaired) electrons. The van der Waals surface area contributed by atoms with E-state index in [1.54, 1.807) is 0 Å². The maximum atomic E-state index is 12.3. The van der Waals surface area contributed by atoms with Gasteiger partial charge in [0.2, 0.25) is 17.7 Å². The standard InChI is InChI=1S/C38H72N6O9/c1-38(2,3)33(46)30-52-27-25-51-24-22-42-37(49)31-53-28-26-50-23-21-41-35(47)20-19-32(29-45)43-36(48)18-16-14-12-10-8-6-4-5-7-9-11-13-15-17-34(39)44-40/h29,32H,4-28,30-31,40H2,1-3H3,(H2,39,44)(H,41,47)(H,42,49)(H,43,48). The highest BCUT2D eigenvalue weighted by molar-refractivity contribution is 5.84. The van der Waals surface area contributed by atoms with Crippen LogP contribution in [0.15, 0.2) is 5.10 Å². The second-order valence-electron chi connectivity index (χ2n) is 14.3. The minimum Gasteiger partial charge on any atom is -0.386 e. The van der Waals surface area contributed by atoms with Crippen molar-refractivity contribution in [3.63, 3.8) is 0 Å². The van der Waals surface area contributed by atoms with Crippen molar-refractivity contribution in [2.75, 3.05) is 65.9 Å². The number of hydrogen-bond acceptors (Lipinski definition) is 11. The largest absolute Gasteiger partial charge is 0.386 e. The van der Waals surface area contributed by atoms with Gasteiger partial charge in [-0.2, -0.15) is 5.10 Å². The van der Waals surface area contributed by atoms with Crippen LogP contribution in [0.1, 0.15) is 130 Å². The van der Waals surface area contributed by atoms with Crippen LogP contribution in [0.4, 0.5) is 0 Å². The number of ketones is 1. The van der Waals surface area contributed by atoms with E-state index in [4.69, 9.17) is 30.5 Å². The molecule has 0 rings (SSSR count). The first-order valence-electron chi connectivity index (χ1n) is 19.6. The molecule has 0 aromatic rings. The summed E-state index contributed by atoms with van der Waals surface area (Å²) in [6.45, 7) is 7.78. The van der Waals surface area contributed by atoms with E-state index in [1.807, 2.05) is 20.8 Å². The van der Waals surface area contributed by atoms with Crippen LogP contribution in [0, 0.1) is 5.41 Å². The van der Waals surface area contributed by atoms with E-state index in [-0.39, 0.29) is 69.4 Å². The average Bonchev–Trinajstić information content (AvgIpc) is 3.12. The van der Waals surface area contributed by atoms with Gasteiger partial charge in [-0.05, 0) is 19.3 Å². The molecule has 0 bridgehead atoms. The molecular weight excluding hydrogens is 684 g/mol. The van der Waals surface area contributed by atoms with Crippen molar-refractivity contribution >= 4 is 35.6 Å². The Morgan fingerprint density at radius 3 is 1.55 bits per heavy atom. The number of nitrogens with two attached hydrogens (primary N) is 2. The third-order valence-corrected chi connectivity index (χ3v) is 8.38. The molecule has 0 aromatic carbocycles. The molecule has 0 fully saturated rings. The Balaban J connectivity index is 3.59. The van der Waals surface area contributed by atoms with Gasteiger partial charge in [-0.15, -0.1) is 0 Å². The average molecular weight is 757 g/mol. The summed E-state index contributed by atoms with van der Waals surface area (Å²) in [6.07, 6.45) is 17.3. The van der Waals surface area contributed by atoms with E-state index in [2.05, 4.69) is 21.1 Å². The molecule has 1 unspecified atom stereocenters. The zero-order valence-corrected chi connectivity index (χ0v) is 33.0. The highest BCUT2D eigenvalue weighted by Crippen LogP contribution is 2.15. The highest BCUT2D eigenvalue weighted by Gasteiger charge is 2.20. The number of rotatable bonds is 37. The predicted octanol–water partition coefficient (Wildman–Crippen LogP) is 3.45. The molecule has 53 heavy (non-hydrogen) atoms. The van der Waals surface area contributed by atoms with Gasteiger partial charge in [-0.1, -0.05) is 91.4 Å². The number of unbranched alkanes of at least 4 members (excludes halogenated alkanes) is 12. The van der Waals surface area contributed by atoms with Gasteiger partial charge in [0.25, 0.3) is 0 Å². The fourth-order valence-corrected chi connectivity index (χ4v) is 4.99. The zero-order valence-electron chi connectivity index (χ0n) is 33.0. The molecule has 0 aliphatic heterocycles. The number of carbonyl (C=O) groups is 5. The van der Waals surface area contributed by atoms with E-state index in [9.17, 15) is 24.0 Å². The van der Waals surface area contributed by atoms with Crippen molar-refractivity contribution < 1.29 is 42.9 Å². The Labute approximate surface area is 318 Å². The van der Waals surface area contributed by atoms with Crippen LogP contribution in [0.2, 0.25) is 0 Å². The SMILES string of the molecule is CC(C)(C)C(=O)COCCOCCNC(=O)COCCOCCNC(=O)CCC(C=O)NC(=O)CCCCCCCCCCCCCCC/C(N)=N/N. The van der Waals surface area contributed by atoms with Gasteiger partial charge in [-0.3, -0.25) is 19.2 Å². The number of nitrogens with one attached hydrogen (secondary N) is 3. The van der Waals surface area contributed by atoms with Gasteiger partial charge in [-0.25, -0.2) is 0 Å². The summed E-state index contributed by atoms with van der Waals surface area (Å²) in [5.41, 5.74) is 5.17. The first-order valence-corrected chi connectivity index (χ1v) is 19.6. The third kappa shape index (κ3) is 34.4. The van der Waals surface area contributed by atoms with Gasteiger partial charge in [0.15, 0.2) is 5.78 Å². The normalized spacial score (nSPS) is 12.3. The summed E-state index contributed by atoms with van der Waals surface area (Å²) < 4.78 is 21.3. The molecule has 15 heteroatoms. The number of ether oxygens (including phenoxy) is 4. The second kappa shape index (κ2) is 34.6. The number of hydrogen-bond donors (Lipinski definition) is 5. The molecule has 308 valence electrons. The van der Waals surface area contributed by atoms with Gasteiger partial charge in [0.05, 0.1) is 45.7 Å². The maximum Gasteiger partial charge on any atom is 0.246 e. The lowest BCUT2D eigenvalue weighted by molar-refractivity contribution is -0.131. The van der Waals surface area contributed by atoms with E-state index in [0.29, 0.717) is 51.5 Å². The fraction of sp³-hybridized carbons (Fsp3) is 0.842. The number of aldehydes is 1. The molecule has 0 spiro atoms. The molecule has 15 nitrogen and oxygen atoms in total. The molecule has 1 atom stereocenters. The number of Topliss-reactive ketones (excluding diaryl/α,β-unsaturated/α-hetero) is 1. The lowest BCUT2D eigenvalue weighted by Gasteiger charge is -2.16. The number of amides is 3. The summed E-state index contributed by atoms with van der Waals surface area (Å²) in [7, 11) is 0. The molecule has 7 N–H and O–H groups in total. The van der Waals surface area contributed by atoms with Crippen molar-refractivity contribution in [1.29, 1.82) is 0 Å². The van der Waals surface area contributed by atoms with Crippen molar-refractivity contribution in [2.24, 2.45) is 22.1 Å². The second-order valence-corrected chi connectivity index (χ2v) is 14.3. The van der Waals surface area contributed by atoms with E-state index < -0.39 is 11.5 Å². The topological polar surface area (TPSA) is 223 Å². The van der Waals surface area contributed by atoms with E-state index in [0.717, 1.165) is 32.1 Å². The molecule has 0 saturated carbocycles. The quantitative estimate of drug-likeness (QED) is 0.0154. The molecule has 0 aromatic heterocycles. The van der Waals surface area contributed by atoms with Gasteiger partial charge >= 0.3 is 0 Å². The predicted molar refractivity (Wildman–Crippen MR) is 206 cm³/mol. The smallest absolute Gasteiger partial charge is 0.246 e. The van der Waals surface area contributed by atoms with Gasteiger partial charge in [0, 0.05) is 37.8 Å². The highest BCUT2D eigenvalue weighted by atomic mass is 16.5. The summed E-state index contributed by atoms with van der Waals surface area (Å²) in [5, 5.41) is 11.6. The Morgan fingerprint density at radius 1 is 0.604 bits per heavy atom. The summed E-state index contributed by atoms with van der Waals surface area (Å²) in [4.78, 5) is 59.4. The zero-order chi connectivity index (χ0) is 39.4. The third-order valence-electron chi connectivity index (χ3n) is 8.38. The molecule has 0 heterocycles. The first-order chi connectivity index (χ1) is 25.5. The Hall–Kier alpha value is -3.14. The van der Waals surface area contributed by atoms with Gasteiger partial charge in [0.1, 0.15) is 25.3 Å².